The standard InChI is InChI=1S/C71H99N13O20S3/c85-48(16-3-1-13-29-72-58(87)23-11-9-21-55-66-52(45-105-55)75-70(95)77-66)43-81(44-49(86)17-4-2-14-30-73-59(88)24-12-10-22-56-67-53(46-106-56)76-71(96)78-67)61(90)27-31-74-60(89)25-26-62(91)82-42-47-15-5-6-18-50(47)68-65(51-19-7-8-20-54(51)82)79-80-83(68)32-34-101-36-38-103-40-39-102-37-35-100-33-28-64(93)104-84-63(92)41-57(69(84)94)107(97,98)99/h5-8,15,18-20,52-53,55-57,66-67H,1-4,9-14,16-17,21-46H2,(H,72,87)(H,73,88)(H,74,89)(H2,75,77,95)(H2,76,78,96)(H,97,98,99). The molecule has 6 aliphatic rings. The predicted molar refractivity (Wildman–Crippen MR) is 392 cm³/mol. The van der Waals surface area contributed by atoms with Gasteiger partial charge in [-0.3, -0.25) is 47.7 Å². The number of amides is 11. The number of hydroxylamine groups is 2. The molecule has 9 rings (SSSR count). The van der Waals surface area contributed by atoms with Gasteiger partial charge in [-0.1, -0.05) is 73.4 Å². The van der Waals surface area contributed by atoms with Crippen molar-refractivity contribution in [2.75, 3.05) is 102 Å². The van der Waals surface area contributed by atoms with Crippen molar-refractivity contribution >= 4 is 110 Å². The maximum absolute atomic E-state index is 14.4. The molecule has 107 heavy (non-hydrogen) atoms. The number of urea groups is 2. The number of imide groups is 1. The average Bonchev–Trinajstić information content (AvgIpc) is 1.69. The molecule has 36 heteroatoms. The third kappa shape index (κ3) is 25.8. The van der Waals surface area contributed by atoms with E-state index in [0.717, 1.165) is 66.9 Å². The minimum atomic E-state index is -4.84. The first-order valence-corrected chi connectivity index (χ1v) is 40.6. The van der Waals surface area contributed by atoms with Gasteiger partial charge in [0.05, 0.1) is 127 Å². The number of ketones is 2. The van der Waals surface area contributed by atoms with E-state index in [1.165, 1.54) is 4.90 Å². The van der Waals surface area contributed by atoms with Gasteiger partial charge in [0.2, 0.25) is 29.5 Å². The van der Waals surface area contributed by atoms with E-state index in [1.54, 1.807) is 9.58 Å². The number of hydrogen-bond donors (Lipinski definition) is 8. The molecule has 2 aromatic carbocycles. The summed E-state index contributed by atoms with van der Waals surface area (Å²) < 4.78 is 55.8. The van der Waals surface area contributed by atoms with Crippen LogP contribution in [0.25, 0.3) is 22.5 Å². The van der Waals surface area contributed by atoms with Gasteiger partial charge in [-0.25, -0.2) is 19.1 Å². The number of carbonyl (C=O) groups is 12. The van der Waals surface area contributed by atoms with E-state index in [4.69, 9.17) is 23.5 Å². The fourth-order valence-electron chi connectivity index (χ4n) is 13.5. The van der Waals surface area contributed by atoms with Gasteiger partial charge >= 0.3 is 18.0 Å². The maximum Gasteiger partial charge on any atom is 0.335 e. The molecule has 7 heterocycles. The van der Waals surface area contributed by atoms with Gasteiger partial charge in [0.1, 0.15) is 5.69 Å². The Morgan fingerprint density at radius 2 is 1.09 bits per heavy atom. The average molecular weight is 1550 g/mol. The van der Waals surface area contributed by atoms with Crippen LogP contribution in [0.15, 0.2) is 48.5 Å². The second-order valence-corrected chi connectivity index (χ2v) is 31.2. The molecule has 0 spiro atoms. The second kappa shape index (κ2) is 42.6. The zero-order chi connectivity index (χ0) is 76.1. The van der Waals surface area contributed by atoms with Crippen LogP contribution in [0, 0.1) is 0 Å². The van der Waals surface area contributed by atoms with Gasteiger partial charge in [-0.2, -0.15) is 31.9 Å². The van der Waals surface area contributed by atoms with Crippen LogP contribution in [-0.2, 0) is 94.9 Å². The molecule has 0 saturated carbocycles. The van der Waals surface area contributed by atoms with E-state index >= 15 is 0 Å². The number of thioether (sulfide) groups is 2. The first-order chi connectivity index (χ1) is 51.7. The number of ether oxygens (including phenoxy) is 4. The molecule has 7 atom stereocenters. The molecule has 33 nitrogen and oxygen atoms in total. The van der Waals surface area contributed by atoms with Crippen LogP contribution in [0.4, 0.5) is 15.3 Å². The van der Waals surface area contributed by atoms with E-state index in [2.05, 4.69) is 52.4 Å². The van der Waals surface area contributed by atoms with Crippen molar-refractivity contribution in [2.45, 2.75) is 188 Å². The summed E-state index contributed by atoms with van der Waals surface area (Å²) in [4.78, 5) is 161. The molecule has 6 aliphatic heterocycles. The Morgan fingerprint density at radius 3 is 1.67 bits per heavy atom. The first kappa shape index (κ1) is 82.9. The smallest absolute Gasteiger partial charge is 0.335 e. The molecule has 0 bridgehead atoms. The number of para-hydroxylation sites is 1. The summed E-state index contributed by atoms with van der Waals surface area (Å²) in [7, 11) is -4.84. The number of fused-ring (bicyclic) bond motifs is 7. The van der Waals surface area contributed by atoms with Gasteiger partial charge in [-0.15, -0.1) is 10.2 Å². The number of unbranched alkanes of at least 4 members (excludes halogenated alkanes) is 6. The van der Waals surface area contributed by atoms with Gasteiger partial charge in [-0.05, 0) is 63.0 Å². The lowest BCUT2D eigenvalue weighted by atomic mass is 9.95. The van der Waals surface area contributed by atoms with Crippen molar-refractivity contribution in [3.8, 4) is 22.5 Å². The molecule has 11 amide bonds. The maximum atomic E-state index is 14.4. The Morgan fingerprint density at radius 1 is 0.570 bits per heavy atom. The molecule has 0 radical (unpaired) electrons. The topological polar surface area (TPSA) is 430 Å². The number of carbonyl (C=O) groups excluding carboxylic acids is 12. The lowest BCUT2D eigenvalue weighted by molar-refractivity contribution is -0.198. The van der Waals surface area contributed by atoms with Crippen molar-refractivity contribution < 1.29 is 94.3 Å². The van der Waals surface area contributed by atoms with E-state index in [1.807, 2.05) is 72.1 Å². The summed E-state index contributed by atoms with van der Waals surface area (Å²) in [5.41, 5.74) is 4.08. The number of Topliss-reactive ketones (excluding diaryl/α,β-unsaturated/α-hetero) is 2. The van der Waals surface area contributed by atoms with E-state index in [0.29, 0.717) is 98.4 Å². The molecule has 5 saturated heterocycles. The molecule has 8 N–H and O–H groups in total. The highest BCUT2D eigenvalue weighted by Gasteiger charge is 2.49. The summed E-state index contributed by atoms with van der Waals surface area (Å²) in [6.45, 7) is 2.12. The Hall–Kier alpha value is -8.13. The van der Waals surface area contributed by atoms with Gasteiger partial charge < -0.3 is 70.8 Å². The lowest BCUT2D eigenvalue weighted by Crippen LogP contribution is -2.41. The molecule has 3 aromatic rings. The van der Waals surface area contributed by atoms with Crippen molar-refractivity contribution in [1.29, 1.82) is 0 Å². The zero-order valence-corrected chi connectivity index (χ0v) is 62.6. The molecule has 0 aliphatic carbocycles. The predicted octanol–water partition coefficient (Wildman–Crippen LogP) is 3.45. The van der Waals surface area contributed by atoms with Crippen LogP contribution in [0.3, 0.4) is 0 Å². The summed E-state index contributed by atoms with van der Waals surface area (Å²) in [6, 6.07) is 15.3. The SMILES string of the molecule is O=C(CCCCCNC(=O)CCCCC1SCC2NC(=O)NC21)CN(CC(=O)CCCCCNC(=O)CCCCC1SCC2NC(=O)NC21)C(=O)CCNC(=O)CCC(=O)N1Cc2ccccc2-c2c(nnn2CCOCCOCCOCCOCCC(=O)ON2C(=O)CC(S(=O)(=O)O)C2=O)-c2ccccc21. The second-order valence-electron chi connectivity index (χ2n) is 27.0. The highest BCUT2D eigenvalue weighted by Crippen LogP contribution is 2.42. The van der Waals surface area contributed by atoms with E-state index in [-0.39, 0.29) is 188 Å². The molecule has 1 aromatic heterocycles. The zero-order valence-electron chi connectivity index (χ0n) is 60.1. The normalized spacial score (nSPS) is 19.8. The molecule has 5 fully saturated rings. The van der Waals surface area contributed by atoms with Crippen LogP contribution in [-0.4, -0.2) is 246 Å². The monoisotopic (exact) mass is 1550 g/mol. The highest BCUT2D eigenvalue weighted by atomic mass is 32.2. The quantitative estimate of drug-likeness (QED) is 0.0174. The van der Waals surface area contributed by atoms with Crippen molar-refractivity contribution in [2.24, 2.45) is 0 Å². The minimum Gasteiger partial charge on any atom is -0.378 e. The van der Waals surface area contributed by atoms with Crippen LogP contribution in [0.5, 0.6) is 0 Å². The Labute approximate surface area is 630 Å². The number of hydrogen-bond acceptors (Lipinski definition) is 23. The summed E-state index contributed by atoms with van der Waals surface area (Å²) >= 11 is 3.70. The van der Waals surface area contributed by atoms with Crippen LogP contribution in [0.1, 0.15) is 140 Å². The largest absolute Gasteiger partial charge is 0.378 e. The number of aromatic nitrogens is 3. The highest BCUT2D eigenvalue weighted by molar-refractivity contribution is 8.00. The number of nitrogens with one attached hydrogen (secondary N) is 7. The molecule has 7 unspecified atom stereocenters. The van der Waals surface area contributed by atoms with Gasteiger partial charge in [0.15, 0.2) is 16.8 Å². The molecular weight excluding hydrogens is 1450 g/mol. The van der Waals surface area contributed by atoms with Gasteiger partial charge in [0.25, 0.3) is 21.9 Å². The first-order valence-electron chi connectivity index (χ1n) is 37.0. The van der Waals surface area contributed by atoms with E-state index < -0.39 is 51.4 Å². The van der Waals surface area contributed by atoms with Crippen molar-refractivity contribution in [1.82, 2.24) is 62.2 Å². The fraction of sp³-hybridized carbons (Fsp3) is 0.634. The molecular formula is C71H99N13O20S3. The Kier molecular flexibility index (Phi) is 33.0. The van der Waals surface area contributed by atoms with E-state index in [9.17, 15) is 66.0 Å². The number of benzene rings is 2. The fourth-order valence-corrected chi connectivity index (χ4v) is 17.3. The summed E-state index contributed by atoms with van der Waals surface area (Å²) in [6.07, 6.45) is 8.14. The third-order valence-corrected chi connectivity index (χ3v) is 23.2. The van der Waals surface area contributed by atoms with Crippen LogP contribution >= 0.6 is 23.5 Å². The third-order valence-electron chi connectivity index (χ3n) is 19.1. The van der Waals surface area contributed by atoms with Crippen molar-refractivity contribution in [3.63, 3.8) is 0 Å². The van der Waals surface area contributed by atoms with Crippen LogP contribution in [0.2, 0.25) is 0 Å². The molecule has 586 valence electrons. The summed E-state index contributed by atoms with van der Waals surface area (Å²) in [5.74, 6) is -3.49. The van der Waals surface area contributed by atoms with Gasteiger partial charge in [0, 0.05) is 97.7 Å². The summed E-state index contributed by atoms with van der Waals surface area (Å²) in [5, 5.41) is 28.4. The lowest BCUT2D eigenvalue weighted by Gasteiger charge is -2.28. The Bertz CT molecular complexity index is 3630. The number of rotatable bonds is 49. The number of anilines is 1. The minimum absolute atomic E-state index is 0.0285. The van der Waals surface area contributed by atoms with Crippen LogP contribution < -0.4 is 42.1 Å². The number of nitrogens with zero attached hydrogens (tertiary/aromatic N) is 6. The Balaban J connectivity index is 0.667. The van der Waals surface area contributed by atoms with Crippen molar-refractivity contribution in [3.05, 3.63) is 54.1 Å².